The molecular formula is C17H12F3N5O8. The Morgan fingerprint density at radius 3 is 2.03 bits per heavy atom. The second-order valence-corrected chi connectivity index (χ2v) is 6.41. The zero-order valence-corrected chi connectivity index (χ0v) is 16.2. The van der Waals surface area contributed by atoms with Crippen LogP contribution in [0.5, 0.6) is 0 Å². The number of carbonyl (C=O) groups excluding carboxylic acids is 1. The number of benzene rings is 2. The quantitative estimate of drug-likeness (QED) is 0.284. The summed E-state index contributed by atoms with van der Waals surface area (Å²) in [5, 5.41) is 45.1. The van der Waals surface area contributed by atoms with Gasteiger partial charge in [-0.05, 0) is 18.2 Å². The van der Waals surface area contributed by atoms with E-state index in [1.807, 2.05) is 5.32 Å². The van der Waals surface area contributed by atoms with E-state index in [0.29, 0.717) is 12.1 Å². The molecule has 3 rings (SSSR count). The number of fused-ring (bicyclic) bond motifs is 1. The van der Waals surface area contributed by atoms with Gasteiger partial charge in [0.1, 0.15) is 11.4 Å². The summed E-state index contributed by atoms with van der Waals surface area (Å²) in [6.45, 7) is 0. The maximum atomic E-state index is 13.8. The molecule has 1 heterocycles. The summed E-state index contributed by atoms with van der Waals surface area (Å²) in [5.74, 6) is -0.919. The molecule has 1 aliphatic heterocycles. The molecule has 0 aromatic heterocycles. The van der Waals surface area contributed by atoms with Crippen molar-refractivity contribution in [1.82, 2.24) is 0 Å². The molecule has 0 saturated heterocycles. The Morgan fingerprint density at radius 2 is 1.58 bits per heavy atom. The topological polar surface area (TPSA) is 180 Å². The number of hydrogen-bond donors (Lipinski definition) is 4. The van der Waals surface area contributed by atoms with E-state index < -0.39 is 66.9 Å². The largest absolute Gasteiger partial charge is 0.465 e. The number of nitrogens with zero attached hydrogens (tertiary/aromatic N) is 3. The molecule has 1 aliphatic rings. The highest BCUT2D eigenvalue weighted by Crippen LogP contribution is 2.45. The fraction of sp³-hybridized carbons (Fsp3) is 0.118. The summed E-state index contributed by atoms with van der Waals surface area (Å²) in [7, 11) is 1.03. The first kappa shape index (κ1) is 23.2. The monoisotopic (exact) mass is 471 g/mol. The lowest BCUT2D eigenvalue weighted by atomic mass is 10.0. The van der Waals surface area contributed by atoms with Crippen molar-refractivity contribution >= 4 is 40.1 Å². The molecule has 0 amide bonds. The van der Waals surface area contributed by atoms with Gasteiger partial charge in [0.15, 0.2) is 0 Å². The molecule has 4 N–H and O–H groups in total. The van der Waals surface area contributed by atoms with Crippen molar-refractivity contribution < 1.29 is 43.0 Å². The fourth-order valence-electron chi connectivity index (χ4n) is 3.04. The molecular weight excluding hydrogens is 459 g/mol. The number of nitro groups is 2. The van der Waals surface area contributed by atoms with Crippen LogP contribution in [0.1, 0.15) is 15.9 Å². The molecule has 2 aromatic rings. The first-order valence-corrected chi connectivity index (χ1v) is 8.58. The lowest BCUT2D eigenvalue weighted by Gasteiger charge is -2.28. The number of rotatable bonds is 5. The second-order valence-electron chi connectivity index (χ2n) is 6.41. The third kappa shape index (κ3) is 4.32. The highest BCUT2D eigenvalue weighted by molar-refractivity contribution is 5.97. The second kappa shape index (κ2) is 8.24. The van der Waals surface area contributed by atoms with Crippen molar-refractivity contribution in [1.29, 1.82) is 0 Å². The summed E-state index contributed by atoms with van der Waals surface area (Å²) in [5.41, 5.74) is -6.54. The van der Waals surface area contributed by atoms with Crippen molar-refractivity contribution in [3.63, 3.8) is 0 Å². The molecule has 13 nitrogen and oxygen atoms in total. The molecule has 0 atom stereocenters. The van der Waals surface area contributed by atoms with Gasteiger partial charge in [0.2, 0.25) is 0 Å². The number of ether oxygens (including phenoxy) is 1. The third-order valence-corrected chi connectivity index (χ3v) is 4.46. The molecule has 0 spiro atoms. The van der Waals surface area contributed by atoms with Gasteiger partial charge in [-0.15, -0.1) is 5.23 Å². The average Bonchev–Trinajstić information content (AvgIpc) is 2.75. The van der Waals surface area contributed by atoms with Gasteiger partial charge in [-0.25, -0.2) is 4.79 Å². The van der Waals surface area contributed by atoms with Crippen LogP contribution < -0.4 is 15.9 Å². The highest BCUT2D eigenvalue weighted by Gasteiger charge is 2.42. The van der Waals surface area contributed by atoms with Gasteiger partial charge < -0.3 is 15.4 Å². The molecule has 0 unspecified atom stereocenters. The first-order chi connectivity index (χ1) is 15.3. The summed E-state index contributed by atoms with van der Waals surface area (Å²) < 4.78 is 45.9. The summed E-state index contributed by atoms with van der Waals surface area (Å²) in [6.07, 6.45) is -5.09. The molecule has 0 aliphatic carbocycles. The van der Waals surface area contributed by atoms with Gasteiger partial charge in [-0.3, -0.25) is 30.6 Å². The van der Waals surface area contributed by atoms with Crippen LogP contribution in [0.3, 0.4) is 0 Å². The van der Waals surface area contributed by atoms with Crippen LogP contribution in [0.2, 0.25) is 0 Å². The number of nitrogens with one attached hydrogen (secondary N) is 2. The van der Waals surface area contributed by atoms with Gasteiger partial charge in [0, 0.05) is 17.7 Å². The smallest absolute Gasteiger partial charge is 0.433 e. The predicted octanol–water partition coefficient (Wildman–Crippen LogP) is 3.64. The molecule has 33 heavy (non-hydrogen) atoms. The van der Waals surface area contributed by atoms with Gasteiger partial charge in [0.25, 0.3) is 0 Å². The van der Waals surface area contributed by atoms with Crippen LogP contribution in [0.25, 0.3) is 5.70 Å². The zero-order valence-electron chi connectivity index (χ0n) is 16.2. The number of methoxy groups -OCH3 is 1. The fourth-order valence-corrected chi connectivity index (χ4v) is 3.04. The Hall–Kier alpha value is -4.44. The van der Waals surface area contributed by atoms with E-state index in [0.717, 1.165) is 25.3 Å². The highest BCUT2D eigenvalue weighted by atomic mass is 19.4. The van der Waals surface area contributed by atoms with Crippen molar-refractivity contribution in [2.24, 2.45) is 0 Å². The van der Waals surface area contributed by atoms with E-state index in [-0.39, 0.29) is 11.3 Å². The van der Waals surface area contributed by atoms with Crippen LogP contribution in [0.4, 0.5) is 41.6 Å². The Kier molecular flexibility index (Phi) is 5.80. The number of hydrogen-bond acceptors (Lipinski definition) is 11. The van der Waals surface area contributed by atoms with E-state index in [1.165, 1.54) is 0 Å². The maximum absolute atomic E-state index is 13.8. The minimum absolute atomic E-state index is 0.228. The molecule has 0 bridgehead atoms. The number of alkyl halides is 3. The van der Waals surface area contributed by atoms with Crippen molar-refractivity contribution in [3.05, 3.63) is 67.4 Å². The molecule has 0 radical (unpaired) electrons. The van der Waals surface area contributed by atoms with E-state index in [4.69, 9.17) is 0 Å². The number of anilines is 3. The number of nitro benzene ring substituents is 2. The van der Waals surface area contributed by atoms with Crippen LogP contribution in [0, 0.1) is 20.2 Å². The summed E-state index contributed by atoms with van der Waals surface area (Å²) >= 11 is 0. The van der Waals surface area contributed by atoms with Crippen LogP contribution in [0.15, 0.2) is 36.0 Å². The van der Waals surface area contributed by atoms with Crippen LogP contribution in [-0.4, -0.2) is 39.5 Å². The average molecular weight is 471 g/mol. The van der Waals surface area contributed by atoms with Crippen molar-refractivity contribution in [2.75, 3.05) is 23.0 Å². The number of carbonyl (C=O) groups is 1. The van der Waals surface area contributed by atoms with Gasteiger partial charge in [-0.1, -0.05) is 0 Å². The SMILES string of the molecule is COC(=O)c1ccc(C2=C(C(F)(F)F)Nc3cc([N+](=O)[O-])c([N+](=O)[O-])cc3N2)c(N(O)O)c1. The predicted molar refractivity (Wildman–Crippen MR) is 104 cm³/mol. The maximum Gasteiger partial charge on any atom is 0.433 e. The Labute approximate surface area is 180 Å². The molecule has 2 aromatic carbocycles. The van der Waals surface area contributed by atoms with Crippen molar-refractivity contribution in [3.8, 4) is 0 Å². The minimum Gasteiger partial charge on any atom is -0.465 e. The van der Waals surface area contributed by atoms with Gasteiger partial charge >= 0.3 is 23.5 Å². The zero-order chi connectivity index (χ0) is 24.7. The number of allylic oxidation sites excluding steroid dienone is 1. The molecule has 174 valence electrons. The first-order valence-electron chi connectivity index (χ1n) is 8.58. The van der Waals surface area contributed by atoms with E-state index in [1.54, 1.807) is 0 Å². The van der Waals surface area contributed by atoms with Gasteiger partial charge in [0.05, 0.1) is 39.6 Å². The molecule has 0 saturated carbocycles. The van der Waals surface area contributed by atoms with Crippen LogP contribution in [-0.2, 0) is 4.74 Å². The van der Waals surface area contributed by atoms with Crippen molar-refractivity contribution in [2.45, 2.75) is 6.18 Å². The standard InChI is InChI=1S/C17H12F3N5O8/c1-33-16(26)7-2-3-8(11(4-7)23(27)28)14-15(17(18,19)20)22-10-6-13(25(31)32)12(24(29)30)5-9(10)21-14/h2-6,21-22,27-28H,1H3. The lowest BCUT2D eigenvalue weighted by Crippen LogP contribution is -2.28. The third-order valence-electron chi connectivity index (χ3n) is 4.46. The summed E-state index contributed by atoms with van der Waals surface area (Å²) in [4.78, 5) is 31.8. The van der Waals surface area contributed by atoms with Gasteiger partial charge in [-0.2, -0.15) is 13.2 Å². The number of esters is 1. The Morgan fingerprint density at radius 1 is 1.03 bits per heavy atom. The number of halogens is 3. The van der Waals surface area contributed by atoms with E-state index >= 15 is 0 Å². The Balaban J connectivity index is 2.25. The molecule has 0 fully saturated rings. The lowest BCUT2D eigenvalue weighted by molar-refractivity contribution is -0.422. The minimum atomic E-state index is -5.09. The molecule has 16 heteroatoms. The summed E-state index contributed by atoms with van der Waals surface area (Å²) in [6, 6.07) is 4.05. The van der Waals surface area contributed by atoms with E-state index in [2.05, 4.69) is 10.1 Å². The Bertz CT molecular complexity index is 1210. The normalized spacial score (nSPS) is 12.9. The van der Waals surface area contributed by atoms with Crippen LogP contribution >= 0.6 is 0 Å². The van der Waals surface area contributed by atoms with E-state index in [9.17, 15) is 48.6 Å².